The second kappa shape index (κ2) is 7.92. The molecule has 6 heteroatoms. The summed E-state index contributed by atoms with van der Waals surface area (Å²) in [5.41, 5.74) is 1.17. The van der Waals surface area contributed by atoms with Crippen molar-refractivity contribution in [2.45, 2.75) is 56.8 Å². The Bertz CT molecular complexity index is 604. The molecule has 2 atom stereocenters. The van der Waals surface area contributed by atoms with Crippen LogP contribution in [-0.2, 0) is 11.3 Å². The Morgan fingerprint density at radius 2 is 1.77 bits per heavy atom. The summed E-state index contributed by atoms with van der Waals surface area (Å²) in [5, 5.41) is 3.26. The van der Waals surface area contributed by atoms with Crippen molar-refractivity contribution in [3.05, 3.63) is 35.6 Å². The zero-order chi connectivity index (χ0) is 17.9. The molecular formula is C20H28FN3O2. The Labute approximate surface area is 154 Å². The Morgan fingerprint density at radius 3 is 2.42 bits per heavy atom. The number of rotatable bonds is 3. The number of amides is 2. The highest BCUT2D eigenvalue weighted by atomic mass is 19.1. The van der Waals surface area contributed by atoms with Gasteiger partial charge in [-0.3, -0.25) is 4.90 Å². The topological polar surface area (TPSA) is 44.8 Å². The fourth-order valence-corrected chi connectivity index (χ4v) is 4.69. The molecule has 0 aromatic heterocycles. The number of benzene rings is 1. The van der Waals surface area contributed by atoms with Gasteiger partial charge in [-0.2, -0.15) is 0 Å². The lowest BCUT2D eigenvalue weighted by Crippen LogP contribution is -2.58. The minimum Gasteiger partial charge on any atom is -0.378 e. The number of urea groups is 1. The summed E-state index contributed by atoms with van der Waals surface area (Å²) in [6, 6.07) is 8.17. The number of piperidine rings is 2. The van der Waals surface area contributed by atoms with E-state index in [1.54, 1.807) is 12.1 Å². The zero-order valence-corrected chi connectivity index (χ0v) is 15.2. The van der Waals surface area contributed by atoms with Crippen molar-refractivity contribution in [2.24, 2.45) is 0 Å². The highest BCUT2D eigenvalue weighted by molar-refractivity contribution is 5.74. The molecule has 3 heterocycles. The van der Waals surface area contributed by atoms with Crippen molar-refractivity contribution >= 4 is 6.03 Å². The Kier molecular flexibility index (Phi) is 5.41. The molecule has 1 aromatic rings. The lowest BCUT2D eigenvalue weighted by Gasteiger charge is -2.49. The summed E-state index contributed by atoms with van der Waals surface area (Å²) in [4.78, 5) is 16.9. The first-order chi connectivity index (χ1) is 12.7. The van der Waals surface area contributed by atoms with Crippen LogP contribution < -0.4 is 5.32 Å². The molecule has 0 aliphatic carbocycles. The van der Waals surface area contributed by atoms with Crippen LogP contribution in [0.4, 0.5) is 9.18 Å². The van der Waals surface area contributed by atoms with Crippen molar-refractivity contribution < 1.29 is 13.9 Å². The number of hydrogen-bond acceptors (Lipinski definition) is 3. The molecule has 3 saturated heterocycles. The minimum absolute atomic E-state index is 0.0587. The first-order valence-electron chi connectivity index (χ1n) is 9.82. The Hall–Kier alpha value is -1.66. The first-order valence-corrected chi connectivity index (χ1v) is 9.82. The summed E-state index contributed by atoms with van der Waals surface area (Å²) in [6.45, 7) is 3.51. The number of fused-ring (bicyclic) bond motifs is 2. The van der Waals surface area contributed by atoms with Gasteiger partial charge in [0.1, 0.15) is 5.82 Å². The summed E-state index contributed by atoms with van der Waals surface area (Å²) in [6.07, 6.45) is 5.64. The van der Waals surface area contributed by atoms with Crippen molar-refractivity contribution in [3.63, 3.8) is 0 Å². The summed E-state index contributed by atoms with van der Waals surface area (Å²) in [5.74, 6) is -0.182. The molecule has 3 aliphatic heterocycles. The average Bonchev–Trinajstić information content (AvgIpc) is 2.65. The van der Waals surface area contributed by atoms with Gasteiger partial charge in [-0.25, -0.2) is 9.18 Å². The van der Waals surface area contributed by atoms with Crippen molar-refractivity contribution in [1.29, 1.82) is 0 Å². The van der Waals surface area contributed by atoms with Crippen LogP contribution in [0.3, 0.4) is 0 Å². The minimum atomic E-state index is -0.182. The number of ether oxygens (including phenoxy) is 1. The molecule has 3 fully saturated rings. The van der Waals surface area contributed by atoms with Gasteiger partial charge in [-0.05, 0) is 43.4 Å². The Balaban J connectivity index is 1.36. The van der Waals surface area contributed by atoms with E-state index in [-0.39, 0.29) is 17.9 Å². The van der Waals surface area contributed by atoms with E-state index in [0.29, 0.717) is 38.4 Å². The second-order valence-corrected chi connectivity index (χ2v) is 7.75. The third-order valence-corrected chi connectivity index (χ3v) is 6.03. The SMILES string of the molecule is O=C(NC1C[C@@H]2CCC[C@@H](C1)N2Cc1ccc(F)cc1)N1CCOCC1. The van der Waals surface area contributed by atoms with Crippen molar-refractivity contribution in [2.75, 3.05) is 26.3 Å². The maximum Gasteiger partial charge on any atom is 0.317 e. The molecule has 0 spiro atoms. The summed E-state index contributed by atoms with van der Waals surface area (Å²) < 4.78 is 18.5. The predicted molar refractivity (Wildman–Crippen MR) is 97.3 cm³/mol. The second-order valence-electron chi connectivity index (χ2n) is 7.75. The van der Waals surface area contributed by atoms with E-state index in [9.17, 15) is 9.18 Å². The maximum absolute atomic E-state index is 13.2. The predicted octanol–water partition coefficient (Wildman–Crippen LogP) is 2.75. The third-order valence-electron chi connectivity index (χ3n) is 6.03. The van der Waals surface area contributed by atoms with Crippen LogP contribution in [0, 0.1) is 5.82 Å². The smallest absolute Gasteiger partial charge is 0.317 e. The zero-order valence-electron chi connectivity index (χ0n) is 15.2. The molecule has 2 bridgehead atoms. The first kappa shape index (κ1) is 17.7. The average molecular weight is 361 g/mol. The standard InChI is InChI=1S/C20H28FN3O2/c21-16-6-4-15(5-7-16)14-24-18-2-1-3-19(24)13-17(12-18)22-20(25)23-8-10-26-11-9-23/h4-7,17-19H,1-3,8-14H2,(H,22,25)/t18-,19-/m0/s1. The molecule has 2 amide bonds. The number of carbonyl (C=O) groups excluding carboxylic acids is 1. The maximum atomic E-state index is 13.2. The molecule has 1 aromatic carbocycles. The van der Waals surface area contributed by atoms with Crippen LogP contribution in [0.25, 0.3) is 0 Å². The van der Waals surface area contributed by atoms with Gasteiger partial charge in [0.2, 0.25) is 0 Å². The van der Waals surface area contributed by atoms with Gasteiger partial charge < -0.3 is 15.0 Å². The van der Waals surface area contributed by atoms with Crippen LogP contribution in [0.15, 0.2) is 24.3 Å². The molecule has 3 aliphatic rings. The molecule has 5 nitrogen and oxygen atoms in total. The van der Waals surface area contributed by atoms with Gasteiger partial charge in [0.05, 0.1) is 13.2 Å². The molecule has 142 valence electrons. The number of nitrogens with one attached hydrogen (secondary N) is 1. The van der Waals surface area contributed by atoms with Crippen LogP contribution in [0.2, 0.25) is 0 Å². The van der Waals surface area contributed by atoms with Crippen LogP contribution in [-0.4, -0.2) is 60.3 Å². The van der Waals surface area contributed by atoms with Gasteiger partial charge >= 0.3 is 6.03 Å². The number of hydrogen-bond donors (Lipinski definition) is 1. The van der Waals surface area contributed by atoms with E-state index in [1.807, 2.05) is 17.0 Å². The Morgan fingerprint density at radius 1 is 1.12 bits per heavy atom. The van der Waals surface area contributed by atoms with E-state index in [1.165, 1.54) is 24.8 Å². The lowest BCUT2D eigenvalue weighted by atomic mass is 9.81. The van der Waals surface area contributed by atoms with Gasteiger partial charge in [0.15, 0.2) is 0 Å². The normalized spacial score (nSPS) is 29.4. The van der Waals surface area contributed by atoms with E-state index < -0.39 is 0 Å². The summed E-state index contributed by atoms with van der Waals surface area (Å²) >= 11 is 0. The number of carbonyl (C=O) groups is 1. The molecule has 0 saturated carbocycles. The van der Waals surface area contributed by atoms with Crippen molar-refractivity contribution in [1.82, 2.24) is 15.1 Å². The highest BCUT2D eigenvalue weighted by Crippen LogP contribution is 2.35. The molecule has 26 heavy (non-hydrogen) atoms. The number of morpholine rings is 1. The molecular weight excluding hydrogens is 333 g/mol. The van der Waals surface area contributed by atoms with E-state index in [2.05, 4.69) is 10.2 Å². The largest absolute Gasteiger partial charge is 0.378 e. The van der Waals surface area contributed by atoms with Gasteiger partial charge in [-0.1, -0.05) is 18.6 Å². The quantitative estimate of drug-likeness (QED) is 0.900. The number of halogens is 1. The third kappa shape index (κ3) is 4.01. The number of nitrogens with zero attached hydrogens (tertiary/aromatic N) is 2. The molecule has 1 N–H and O–H groups in total. The molecule has 0 radical (unpaired) electrons. The van der Waals surface area contributed by atoms with E-state index in [0.717, 1.165) is 19.4 Å². The van der Waals surface area contributed by atoms with Crippen LogP contribution in [0.5, 0.6) is 0 Å². The molecule has 4 rings (SSSR count). The van der Waals surface area contributed by atoms with Crippen LogP contribution >= 0.6 is 0 Å². The van der Waals surface area contributed by atoms with Crippen molar-refractivity contribution in [3.8, 4) is 0 Å². The lowest BCUT2D eigenvalue weighted by molar-refractivity contribution is 0.0160. The highest BCUT2D eigenvalue weighted by Gasteiger charge is 2.39. The fourth-order valence-electron chi connectivity index (χ4n) is 4.69. The van der Waals surface area contributed by atoms with Gasteiger partial charge in [0.25, 0.3) is 0 Å². The fraction of sp³-hybridized carbons (Fsp3) is 0.650. The van der Waals surface area contributed by atoms with E-state index in [4.69, 9.17) is 4.74 Å². The van der Waals surface area contributed by atoms with Gasteiger partial charge in [-0.15, -0.1) is 0 Å². The van der Waals surface area contributed by atoms with Gasteiger partial charge in [0, 0.05) is 37.8 Å². The summed E-state index contributed by atoms with van der Waals surface area (Å²) in [7, 11) is 0. The monoisotopic (exact) mass is 361 g/mol. The van der Waals surface area contributed by atoms with E-state index >= 15 is 0 Å². The van der Waals surface area contributed by atoms with Crippen LogP contribution in [0.1, 0.15) is 37.7 Å². The molecule has 0 unspecified atom stereocenters.